The Labute approximate surface area is 182 Å². The van der Waals surface area contributed by atoms with E-state index in [1.807, 2.05) is 26.0 Å². The van der Waals surface area contributed by atoms with Crippen LogP contribution in [0.25, 0.3) is 0 Å². The molecule has 8 heteroatoms. The van der Waals surface area contributed by atoms with Crippen molar-refractivity contribution in [1.82, 2.24) is 20.6 Å². The lowest BCUT2D eigenvalue weighted by atomic mass is 10.2. The van der Waals surface area contributed by atoms with Crippen molar-refractivity contribution in [3.8, 4) is 5.88 Å². The van der Waals surface area contributed by atoms with Crippen LogP contribution in [0.15, 0.2) is 23.3 Å². The quantitative estimate of drug-likeness (QED) is 0.356. The van der Waals surface area contributed by atoms with Crippen molar-refractivity contribution < 1.29 is 4.74 Å². The van der Waals surface area contributed by atoms with Crippen LogP contribution in [0.2, 0.25) is 0 Å². The molecule has 1 aliphatic rings. The fourth-order valence-corrected chi connectivity index (χ4v) is 3.99. The van der Waals surface area contributed by atoms with E-state index < -0.39 is 0 Å². The molecule has 3 rings (SSSR count). The van der Waals surface area contributed by atoms with E-state index in [-0.39, 0.29) is 24.0 Å². The molecule has 27 heavy (non-hydrogen) atoms. The summed E-state index contributed by atoms with van der Waals surface area (Å²) in [5, 5.41) is 7.78. The van der Waals surface area contributed by atoms with Gasteiger partial charge in [-0.2, -0.15) is 0 Å². The SMILES string of the molecule is CN=C(NCc1ccnc(OC2CCCC2)c1)NCc1sc(C)nc1C.I. The smallest absolute Gasteiger partial charge is 0.213 e. The number of pyridine rings is 1. The molecule has 0 atom stereocenters. The average Bonchev–Trinajstić information content (AvgIpc) is 3.25. The van der Waals surface area contributed by atoms with Gasteiger partial charge in [-0.1, -0.05) is 0 Å². The van der Waals surface area contributed by atoms with Gasteiger partial charge in [-0.05, 0) is 51.2 Å². The summed E-state index contributed by atoms with van der Waals surface area (Å²) in [6.07, 6.45) is 6.92. The molecule has 0 aromatic carbocycles. The van der Waals surface area contributed by atoms with Gasteiger partial charge >= 0.3 is 0 Å². The molecular weight excluding hydrogens is 473 g/mol. The van der Waals surface area contributed by atoms with Crippen LogP contribution in [0, 0.1) is 13.8 Å². The van der Waals surface area contributed by atoms with E-state index in [9.17, 15) is 0 Å². The summed E-state index contributed by atoms with van der Waals surface area (Å²) in [6, 6.07) is 4.01. The van der Waals surface area contributed by atoms with E-state index in [2.05, 4.69) is 25.6 Å². The van der Waals surface area contributed by atoms with Crippen molar-refractivity contribution >= 4 is 41.3 Å². The number of nitrogens with one attached hydrogen (secondary N) is 2. The number of halogens is 1. The molecule has 0 unspecified atom stereocenters. The highest BCUT2D eigenvalue weighted by atomic mass is 127. The van der Waals surface area contributed by atoms with Gasteiger partial charge in [0, 0.05) is 30.7 Å². The second-order valence-corrected chi connectivity index (χ2v) is 7.84. The maximum atomic E-state index is 5.98. The Kier molecular flexibility index (Phi) is 8.75. The zero-order valence-corrected chi connectivity index (χ0v) is 19.3. The first kappa shape index (κ1) is 21.9. The van der Waals surface area contributed by atoms with Gasteiger partial charge in [0.1, 0.15) is 6.10 Å². The second-order valence-electron chi connectivity index (χ2n) is 6.55. The van der Waals surface area contributed by atoms with E-state index >= 15 is 0 Å². The third-order valence-electron chi connectivity index (χ3n) is 4.49. The lowest BCUT2D eigenvalue weighted by Crippen LogP contribution is -2.36. The largest absolute Gasteiger partial charge is 0.474 e. The van der Waals surface area contributed by atoms with Crippen molar-refractivity contribution in [2.45, 2.75) is 58.7 Å². The zero-order valence-electron chi connectivity index (χ0n) is 16.1. The number of aromatic nitrogens is 2. The number of aliphatic imine (C=N–C) groups is 1. The molecule has 1 fully saturated rings. The van der Waals surface area contributed by atoms with Crippen molar-refractivity contribution in [2.75, 3.05) is 7.05 Å². The van der Waals surface area contributed by atoms with Gasteiger partial charge in [-0.15, -0.1) is 35.3 Å². The highest BCUT2D eigenvalue weighted by Crippen LogP contribution is 2.23. The Morgan fingerprint density at radius 2 is 2.00 bits per heavy atom. The monoisotopic (exact) mass is 501 g/mol. The molecule has 0 bridgehead atoms. The Hall–Kier alpha value is -1.42. The second kappa shape index (κ2) is 10.8. The number of ether oxygens (including phenoxy) is 1. The Balaban J connectivity index is 0.00000261. The summed E-state index contributed by atoms with van der Waals surface area (Å²) in [7, 11) is 1.78. The standard InChI is InChI=1S/C19H27N5OS.HI/c1-13-17(26-14(2)24-13)12-23-19(20-3)22-11-15-8-9-21-18(10-15)25-16-6-4-5-7-16;/h8-10,16H,4-7,11-12H2,1-3H3,(H2,20,22,23);1H. The van der Waals surface area contributed by atoms with Gasteiger partial charge in [0.05, 0.1) is 17.2 Å². The van der Waals surface area contributed by atoms with E-state index in [4.69, 9.17) is 4.74 Å². The summed E-state index contributed by atoms with van der Waals surface area (Å²) in [4.78, 5) is 14.3. The lowest BCUT2D eigenvalue weighted by Gasteiger charge is -2.14. The number of aryl methyl sites for hydroxylation is 2. The number of hydrogen-bond acceptors (Lipinski definition) is 5. The highest BCUT2D eigenvalue weighted by Gasteiger charge is 2.17. The van der Waals surface area contributed by atoms with Crippen LogP contribution in [0.3, 0.4) is 0 Å². The predicted octanol–water partition coefficient (Wildman–Crippen LogP) is 3.96. The van der Waals surface area contributed by atoms with E-state index in [1.165, 1.54) is 17.7 Å². The first-order valence-corrected chi connectivity index (χ1v) is 9.94. The number of nitrogens with zero attached hydrogens (tertiary/aromatic N) is 3. The molecule has 0 spiro atoms. The zero-order chi connectivity index (χ0) is 18.4. The van der Waals surface area contributed by atoms with Crippen molar-refractivity contribution in [2.24, 2.45) is 4.99 Å². The van der Waals surface area contributed by atoms with Gasteiger partial charge in [-0.3, -0.25) is 4.99 Å². The molecule has 1 saturated carbocycles. The molecule has 6 nitrogen and oxygen atoms in total. The normalized spacial score (nSPS) is 14.7. The molecule has 0 radical (unpaired) electrons. The molecular formula is C19H28IN5OS. The van der Waals surface area contributed by atoms with Gasteiger partial charge in [0.2, 0.25) is 5.88 Å². The fraction of sp³-hybridized carbons (Fsp3) is 0.526. The van der Waals surface area contributed by atoms with Crippen molar-refractivity contribution in [1.29, 1.82) is 0 Å². The minimum absolute atomic E-state index is 0. The van der Waals surface area contributed by atoms with Crippen LogP contribution in [0.5, 0.6) is 5.88 Å². The molecule has 1 aliphatic carbocycles. The number of hydrogen-bond donors (Lipinski definition) is 2. The van der Waals surface area contributed by atoms with Crippen molar-refractivity contribution in [3.05, 3.63) is 39.5 Å². The first-order chi connectivity index (χ1) is 12.6. The fourth-order valence-electron chi connectivity index (χ4n) is 3.11. The van der Waals surface area contributed by atoms with Crippen LogP contribution >= 0.6 is 35.3 Å². The van der Waals surface area contributed by atoms with E-state index in [1.54, 1.807) is 24.6 Å². The van der Waals surface area contributed by atoms with E-state index in [0.717, 1.165) is 47.5 Å². The first-order valence-electron chi connectivity index (χ1n) is 9.13. The van der Waals surface area contributed by atoms with Crippen LogP contribution in [-0.2, 0) is 13.1 Å². The van der Waals surface area contributed by atoms with Crippen molar-refractivity contribution in [3.63, 3.8) is 0 Å². The Morgan fingerprint density at radius 1 is 1.26 bits per heavy atom. The van der Waals surface area contributed by atoms with Gasteiger partial charge in [-0.25, -0.2) is 9.97 Å². The van der Waals surface area contributed by atoms with Crippen LogP contribution in [0.4, 0.5) is 0 Å². The van der Waals surface area contributed by atoms with Crippen LogP contribution in [-0.4, -0.2) is 29.1 Å². The Bertz CT molecular complexity index is 758. The van der Waals surface area contributed by atoms with Gasteiger partial charge < -0.3 is 15.4 Å². The molecule has 148 valence electrons. The maximum absolute atomic E-state index is 5.98. The minimum Gasteiger partial charge on any atom is -0.474 e. The molecule has 2 heterocycles. The topological polar surface area (TPSA) is 71.4 Å². The molecule has 2 N–H and O–H groups in total. The molecule has 0 amide bonds. The average molecular weight is 501 g/mol. The molecule has 2 aromatic heterocycles. The number of guanidine groups is 1. The van der Waals surface area contributed by atoms with Crippen LogP contribution in [0.1, 0.15) is 46.8 Å². The van der Waals surface area contributed by atoms with Crippen LogP contribution < -0.4 is 15.4 Å². The summed E-state index contributed by atoms with van der Waals surface area (Å²) >= 11 is 1.72. The van der Waals surface area contributed by atoms with Gasteiger partial charge in [0.15, 0.2) is 5.96 Å². The maximum Gasteiger partial charge on any atom is 0.213 e. The third kappa shape index (κ3) is 6.60. The van der Waals surface area contributed by atoms with E-state index in [0.29, 0.717) is 12.6 Å². The predicted molar refractivity (Wildman–Crippen MR) is 121 cm³/mol. The molecule has 2 aromatic rings. The summed E-state index contributed by atoms with van der Waals surface area (Å²) in [5.74, 6) is 1.49. The molecule has 0 aliphatic heterocycles. The minimum atomic E-state index is 0. The Morgan fingerprint density at radius 3 is 2.67 bits per heavy atom. The van der Waals surface area contributed by atoms with Gasteiger partial charge in [0.25, 0.3) is 0 Å². The number of rotatable bonds is 6. The summed E-state index contributed by atoms with van der Waals surface area (Å²) < 4.78 is 5.98. The highest BCUT2D eigenvalue weighted by molar-refractivity contribution is 14.0. The lowest BCUT2D eigenvalue weighted by molar-refractivity contribution is 0.201. The third-order valence-corrected chi connectivity index (χ3v) is 5.56. The summed E-state index contributed by atoms with van der Waals surface area (Å²) in [5.41, 5.74) is 2.21. The summed E-state index contributed by atoms with van der Waals surface area (Å²) in [6.45, 7) is 5.47. The molecule has 0 saturated heterocycles. The number of thiazole rings is 1.